The fourth-order valence-corrected chi connectivity index (χ4v) is 3.36. The molecule has 1 aromatic carbocycles. The molecule has 0 saturated heterocycles. The lowest BCUT2D eigenvalue weighted by Gasteiger charge is -2.23. The molecule has 3 rings (SSSR count). The molecule has 4 heteroatoms. The number of fused-ring (bicyclic) bond motifs is 1. The van der Waals surface area contributed by atoms with Crippen molar-refractivity contribution >= 4 is 23.2 Å². The van der Waals surface area contributed by atoms with E-state index in [9.17, 15) is 9.59 Å². The summed E-state index contributed by atoms with van der Waals surface area (Å²) in [7, 11) is 0. The highest BCUT2D eigenvalue weighted by molar-refractivity contribution is 6.03. The van der Waals surface area contributed by atoms with Crippen LogP contribution in [0.3, 0.4) is 0 Å². The van der Waals surface area contributed by atoms with Crippen LogP contribution in [0.2, 0.25) is 0 Å². The van der Waals surface area contributed by atoms with E-state index in [0.717, 1.165) is 55.6 Å². The molecule has 4 nitrogen and oxygen atoms in total. The summed E-state index contributed by atoms with van der Waals surface area (Å²) in [6, 6.07) is 5.86. The summed E-state index contributed by atoms with van der Waals surface area (Å²) >= 11 is 0. The van der Waals surface area contributed by atoms with Crippen LogP contribution in [0.15, 0.2) is 18.2 Å². The molecule has 0 radical (unpaired) electrons. The summed E-state index contributed by atoms with van der Waals surface area (Å²) in [5, 5.41) is 2.85. The van der Waals surface area contributed by atoms with E-state index < -0.39 is 0 Å². The van der Waals surface area contributed by atoms with Gasteiger partial charge >= 0.3 is 0 Å². The van der Waals surface area contributed by atoms with Crippen LogP contribution in [-0.4, -0.2) is 18.4 Å². The lowest BCUT2D eigenvalue weighted by atomic mass is 10.1. The molecule has 0 spiro atoms. The van der Waals surface area contributed by atoms with Gasteiger partial charge in [-0.05, 0) is 30.9 Å². The number of benzene rings is 1. The Morgan fingerprint density at radius 2 is 2.00 bits per heavy atom. The van der Waals surface area contributed by atoms with Gasteiger partial charge in [0.15, 0.2) is 0 Å². The molecule has 0 bridgehead atoms. The normalized spacial score (nSPS) is 18.1. The van der Waals surface area contributed by atoms with Crippen molar-refractivity contribution in [3.63, 3.8) is 0 Å². The summed E-state index contributed by atoms with van der Waals surface area (Å²) in [5.41, 5.74) is 2.83. The standard InChI is InChI=1S/C16H20N2O2/c1-11(19)17-14-8-4-7-12-9-10-18(15(12)14)16(20)13-5-2-3-6-13/h4,7-8,13H,2-3,5-6,9-10H2,1H3,(H,17,19). The van der Waals surface area contributed by atoms with Crippen LogP contribution in [-0.2, 0) is 16.0 Å². The summed E-state index contributed by atoms with van der Waals surface area (Å²) in [6.07, 6.45) is 5.20. The first-order valence-electron chi connectivity index (χ1n) is 7.37. The molecule has 1 heterocycles. The quantitative estimate of drug-likeness (QED) is 0.900. The lowest BCUT2D eigenvalue weighted by molar-refractivity contribution is -0.122. The monoisotopic (exact) mass is 272 g/mol. The number of amides is 2. The average Bonchev–Trinajstić information content (AvgIpc) is 3.07. The smallest absolute Gasteiger partial charge is 0.230 e. The Balaban J connectivity index is 1.91. The molecular formula is C16H20N2O2. The number of hydrogen-bond donors (Lipinski definition) is 1. The first-order chi connectivity index (χ1) is 9.66. The minimum atomic E-state index is -0.0986. The molecule has 2 aliphatic rings. The molecular weight excluding hydrogens is 252 g/mol. The molecule has 0 unspecified atom stereocenters. The molecule has 1 aliphatic carbocycles. The SMILES string of the molecule is CC(=O)Nc1cccc2c1N(C(=O)C1CCCC1)CC2. The minimum Gasteiger partial charge on any atom is -0.325 e. The fourth-order valence-electron chi connectivity index (χ4n) is 3.36. The first-order valence-corrected chi connectivity index (χ1v) is 7.37. The zero-order valence-electron chi connectivity index (χ0n) is 11.8. The van der Waals surface area contributed by atoms with Gasteiger partial charge in [0.1, 0.15) is 0 Å². The topological polar surface area (TPSA) is 49.4 Å². The van der Waals surface area contributed by atoms with Crippen LogP contribution in [0.25, 0.3) is 0 Å². The van der Waals surface area contributed by atoms with E-state index in [1.165, 1.54) is 6.92 Å². The van der Waals surface area contributed by atoms with Gasteiger partial charge in [-0.2, -0.15) is 0 Å². The molecule has 20 heavy (non-hydrogen) atoms. The molecule has 0 aromatic heterocycles. The van der Waals surface area contributed by atoms with E-state index in [1.54, 1.807) is 0 Å². The summed E-state index contributed by atoms with van der Waals surface area (Å²) in [5.74, 6) is 0.309. The number of para-hydroxylation sites is 1. The van der Waals surface area contributed by atoms with Crippen molar-refractivity contribution < 1.29 is 9.59 Å². The Morgan fingerprint density at radius 1 is 1.25 bits per heavy atom. The largest absolute Gasteiger partial charge is 0.325 e. The van der Waals surface area contributed by atoms with Crippen LogP contribution in [0.1, 0.15) is 38.2 Å². The highest BCUT2D eigenvalue weighted by Crippen LogP contribution is 2.38. The van der Waals surface area contributed by atoms with E-state index in [-0.39, 0.29) is 17.7 Å². The van der Waals surface area contributed by atoms with Crippen LogP contribution in [0.5, 0.6) is 0 Å². The van der Waals surface area contributed by atoms with E-state index in [2.05, 4.69) is 5.32 Å². The van der Waals surface area contributed by atoms with Gasteiger partial charge in [-0.3, -0.25) is 9.59 Å². The molecule has 2 amide bonds. The molecule has 1 aliphatic heterocycles. The highest BCUT2D eigenvalue weighted by Gasteiger charge is 2.33. The van der Waals surface area contributed by atoms with Gasteiger partial charge in [0, 0.05) is 19.4 Å². The van der Waals surface area contributed by atoms with Gasteiger partial charge in [-0.1, -0.05) is 25.0 Å². The van der Waals surface area contributed by atoms with E-state index in [4.69, 9.17) is 0 Å². The van der Waals surface area contributed by atoms with E-state index in [1.807, 2.05) is 23.1 Å². The second-order valence-electron chi connectivity index (χ2n) is 5.72. The number of carbonyl (C=O) groups is 2. The summed E-state index contributed by atoms with van der Waals surface area (Å²) < 4.78 is 0. The maximum absolute atomic E-state index is 12.7. The predicted octanol–water partition coefficient (Wildman–Crippen LogP) is 2.72. The maximum atomic E-state index is 12.7. The van der Waals surface area contributed by atoms with Gasteiger partial charge in [-0.25, -0.2) is 0 Å². The number of nitrogens with zero attached hydrogens (tertiary/aromatic N) is 1. The Labute approximate surface area is 119 Å². The number of anilines is 2. The van der Waals surface area contributed by atoms with Gasteiger partial charge in [0.2, 0.25) is 11.8 Å². The number of nitrogens with one attached hydrogen (secondary N) is 1. The van der Waals surface area contributed by atoms with Crippen LogP contribution in [0, 0.1) is 5.92 Å². The Hall–Kier alpha value is -1.84. The Kier molecular flexibility index (Phi) is 3.47. The third-order valence-electron chi connectivity index (χ3n) is 4.28. The molecule has 1 fully saturated rings. The second-order valence-corrected chi connectivity index (χ2v) is 5.72. The van der Waals surface area contributed by atoms with Crippen molar-refractivity contribution in [2.75, 3.05) is 16.8 Å². The van der Waals surface area contributed by atoms with Gasteiger partial charge < -0.3 is 10.2 Å². The highest BCUT2D eigenvalue weighted by atomic mass is 16.2. The third-order valence-corrected chi connectivity index (χ3v) is 4.28. The van der Waals surface area contributed by atoms with Crippen molar-refractivity contribution in [1.29, 1.82) is 0 Å². The molecule has 1 N–H and O–H groups in total. The zero-order chi connectivity index (χ0) is 14.1. The van der Waals surface area contributed by atoms with Gasteiger partial charge in [-0.15, -0.1) is 0 Å². The van der Waals surface area contributed by atoms with Crippen molar-refractivity contribution in [3.05, 3.63) is 23.8 Å². The van der Waals surface area contributed by atoms with Crippen molar-refractivity contribution in [1.82, 2.24) is 0 Å². The average molecular weight is 272 g/mol. The molecule has 0 atom stereocenters. The zero-order valence-corrected chi connectivity index (χ0v) is 11.8. The summed E-state index contributed by atoms with van der Waals surface area (Å²) in [4.78, 5) is 25.9. The van der Waals surface area contributed by atoms with Gasteiger partial charge in [0.05, 0.1) is 11.4 Å². The lowest BCUT2D eigenvalue weighted by Crippen LogP contribution is -2.34. The number of rotatable bonds is 2. The van der Waals surface area contributed by atoms with Gasteiger partial charge in [0.25, 0.3) is 0 Å². The van der Waals surface area contributed by atoms with Crippen LogP contribution in [0.4, 0.5) is 11.4 Å². The molecule has 1 aromatic rings. The third kappa shape index (κ3) is 2.30. The maximum Gasteiger partial charge on any atom is 0.230 e. The minimum absolute atomic E-state index is 0.0986. The van der Waals surface area contributed by atoms with Crippen LogP contribution < -0.4 is 10.2 Å². The second kappa shape index (κ2) is 5.27. The molecule has 1 saturated carbocycles. The van der Waals surface area contributed by atoms with Crippen molar-refractivity contribution in [2.24, 2.45) is 5.92 Å². The first kappa shape index (κ1) is 13.2. The van der Waals surface area contributed by atoms with E-state index in [0.29, 0.717) is 0 Å². The summed E-state index contributed by atoms with van der Waals surface area (Å²) in [6.45, 7) is 2.23. The Bertz CT molecular complexity index is 547. The number of carbonyl (C=O) groups excluding carboxylic acids is 2. The predicted molar refractivity (Wildman–Crippen MR) is 78.8 cm³/mol. The van der Waals surface area contributed by atoms with E-state index >= 15 is 0 Å². The fraction of sp³-hybridized carbons (Fsp3) is 0.500. The molecule has 106 valence electrons. The van der Waals surface area contributed by atoms with Crippen molar-refractivity contribution in [3.8, 4) is 0 Å². The number of hydrogen-bond acceptors (Lipinski definition) is 2. The van der Waals surface area contributed by atoms with Crippen LogP contribution >= 0.6 is 0 Å². The van der Waals surface area contributed by atoms with Crippen molar-refractivity contribution in [2.45, 2.75) is 39.0 Å². The Morgan fingerprint density at radius 3 is 2.70 bits per heavy atom.